The summed E-state index contributed by atoms with van der Waals surface area (Å²) in [5.41, 5.74) is 0. The molecular weight excluding hydrogens is 430 g/mol. The molecule has 0 saturated carbocycles. The van der Waals surface area contributed by atoms with Crippen LogP contribution in [0, 0.1) is 0 Å². The third-order valence-electron chi connectivity index (χ3n) is 2.73. The molecule has 0 radical (unpaired) electrons. The molecule has 0 aliphatic carbocycles. The van der Waals surface area contributed by atoms with Gasteiger partial charge in [-0.15, -0.1) is 0 Å². The smallest absolute Gasteiger partial charge is 0.0484 e. The van der Waals surface area contributed by atoms with Gasteiger partial charge in [0, 0.05) is 19.1 Å². The van der Waals surface area contributed by atoms with Gasteiger partial charge in [-0.1, -0.05) is 103 Å². The Kier molecular flexibility index (Phi) is 10.2. The van der Waals surface area contributed by atoms with Crippen LogP contribution in [0.25, 0.3) is 0 Å². The summed E-state index contributed by atoms with van der Waals surface area (Å²) >= 11 is 5.19. The molecule has 0 unspecified atom stereocenters. The Balaban J connectivity index is 3.50. The molecular formula is C10H24I2Si2. The summed E-state index contributed by atoms with van der Waals surface area (Å²) in [6, 6.07) is 4.77. The molecule has 0 atom stereocenters. The first kappa shape index (κ1) is 15.9. The molecule has 0 nitrogen and oxygen atoms in total. The standard InChI is InChI=1S/C10H24I2Si2/c1-4-5-6-8-14(2,3)9-7-13-10(11)12/h10H,4-9,13H2,1-3H3. The van der Waals surface area contributed by atoms with Gasteiger partial charge >= 0.3 is 0 Å². The maximum absolute atomic E-state index is 2.59. The van der Waals surface area contributed by atoms with Crippen molar-refractivity contribution in [3.8, 4) is 0 Å². The first-order valence-corrected chi connectivity index (χ1v) is 13.5. The molecule has 0 fully saturated rings. The Morgan fingerprint density at radius 3 is 2.29 bits per heavy atom. The van der Waals surface area contributed by atoms with Crippen LogP contribution < -0.4 is 0 Å². The quantitative estimate of drug-likeness (QED) is 0.217. The molecule has 86 valence electrons. The van der Waals surface area contributed by atoms with Crippen molar-refractivity contribution in [3.05, 3.63) is 0 Å². The second-order valence-corrected chi connectivity index (χ2v) is 21.0. The number of unbranched alkanes of at least 4 members (excludes halogenated alkanes) is 2. The zero-order valence-corrected chi connectivity index (χ0v) is 16.5. The Morgan fingerprint density at radius 2 is 1.79 bits per heavy atom. The average Bonchev–Trinajstić information content (AvgIpc) is 2.03. The van der Waals surface area contributed by atoms with Crippen LogP contribution in [0.15, 0.2) is 0 Å². The van der Waals surface area contributed by atoms with Gasteiger partial charge in [0.15, 0.2) is 0 Å². The van der Waals surface area contributed by atoms with Gasteiger partial charge < -0.3 is 0 Å². The molecule has 0 N–H and O–H groups in total. The molecule has 14 heavy (non-hydrogen) atoms. The van der Waals surface area contributed by atoms with Crippen LogP contribution in [-0.2, 0) is 0 Å². The SMILES string of the molecule is CCCCC[Si](C)(C)CC[SiH2]C(I)I. The zero-order chi connectivity index (χ0) is 11.0. The maximum Gasteiger partial charge on any atom is 0.0484 e. The number of hydrogen-bond donors (Lipinski definition) is 0. The van der Waals surface area contributed by atoms with Crippen molar-refractivity contribution >= 4 is 62.8 Å². The van der Waals surface area contributed by atoms with E-state index in [0.29, 0.717) is 0 Å². The van der Waals surface area contributed by atoms with E-state index in [-0.39, 0.29) is 9.52 Å². The van der Waals surface area contributed by atoms with Crippen molar-refractivity contribution in [2.75, 3.05) is 0 Å². The largest absolute Gasteiger partial charge is 0.0755 e. The number of rotatable bonds is 8. The van der Waals surface area contributed by atoms with Crippen molar-refractivity contribution in [1.82, 2.24) is 0 Å². The van der Waals surface area contributed by atoms with E-state index in [9.17, 15) is 0 Å². The molecule has 0 rings (SSSR count). The third-order valence-corrected chi connectivity index (χ3v) is 11.8. The predicted octanol–water partition coefficient (Wildman–Crippen LogP) is 4.63. The molecule has 4 heteroatoms. The van der Waals surface area contributed by atoms with Crippen LogP contribution in [0.3, 0.4) is 0 Å². The van der Waals surface area contributed by atoms with E-state index in [1.54, 1.807) is 18.1 Å². The van der Waals surface area contributed by atoms with Gasteiger partial charge in [0.1, 0.15) is 0 Å². The lowest BCUT2D eigenvalue weighted by atomic mass is 10.3. The van der Waals surface area contributed by atoms with E-state index in [4.69, 9.17) is 0 Å². The van der Waals surface area contributed by atoms with Crippen LogP contribution in [0.1, 0.15) is 26.2 Å². The van der Waals surface area contributed by atoms with Gasteiger partial charge in [-0.05, 0) is 0 Å². The highest BCUT2D eigenvalue weighted by atomic mass is 127. The van der Waals surface area contributed by atoms with Crippen LogP contribution >= 0.6 is 45.2 Å². The van der Waals surface area contributed by atoms with Crippen molar-refractivity contribution in [2.24, 2.45) is 0 Å². The second kappa shape index (κ2) is 8.98. The van der Waals surface area contributed by atoms with Crippen LogP contribution in [0.4, 0.5) is 0 Å². The van der Waals surface area contributed by atoms with Gasteiger partial charge in [0.25, 0.3) is 0 Å². The molecule has 0 saturated heterocycles. The summed E-state index contributed by atoms with van der Waals surface area (Å²) in [6.45, 7) is 7.48. The predicted molar refractivity (Wildman–Crippen MR) is 91.8 cm³/mol. The lowest BCUT2D eigenvalue weighted by molar-refractivity contribution is 0.761. The van der Waals surface area contributed by atoms with E-state index in [2.05, 4.69) is 65.2 Å². The first-order chi connectivity index (χ1) is 6.48. The monoisotopic (exact) mass is 454 g/mol. The van der Waals surface area contributed by atoms with Gasteiger partial charge in [-0.25, -0.2) is 0 Å². The highest BCUT2D eigenvalue weighted by molar-refractivity contribution is 14.2. The normalized spacial score (nSPS) is 13.3. The minimum absolute atomic E-state index is 0.246. The zero-order valence-electron chi connectivity index (χ0n) is 9.78. The van der Waals surface area contributed by atoms with Gasteiger partial charge in [-0.2, -0.15) is 0 Å². The minimum Gasteiger partial charge on any atom is -0.0755 e. The van der Waals surface area contributed by atoms with E-state index in [1.165, 1.54) is 19.3 Å². The fourth-order valence-electron chi connectivity index (χ4n) is 1.71. The molecule has 0 aliphatic rings. The molecule has 0 aliphatic heterocycles. The number of alkyl halides is 2. The molecule has 0 spiro atoms. The van der Waals surface area contributed by atoms with E-state index in [1.807, 2.05) is 0 Å². The maximum atomic E-state index is 2.59. The van der Waals surface area contributed by atoms with E-state index < -0.39 is 8.07 Å². The topological polar surface area (TPSA) is 0 Å². The highest BCUT2D eigenvalue weighted by Crippen LogP contribution is 2.22. The van der Waals surface area contributed by atoms with E-state index >= 15 is 0 Å². The summed E-state index contributed by atoms with van der Waals surface area (Å²) in [5.74, 6) is 0. The van der Waals surface area contributed by atoms with Gasteiger partial charge in [0.05, 0.1) is 0 Å². The summed E-state index contributed by atoms with van der Waals surface area (Å²) in [4.78, 5) is 0. The van der Waals surface area contributed by atoms with Crippen molar-refractivity contribution in [3.63, 3.8) is 0 Å². The summed E-state index contributed by atoms with van der Waals surface area (Å²) in [6.07, 6.45) is 4.33. The molecule has 0 aromatic heterocycles. The Hall–Kier alpha value is 1.89. The summed E-state index contributed by atoms with van der Waals surface area (Å²) in [7, 11) is -0.533. The molecule has 0 bridgehead atoms. The van der Waals surface area contributed by atoms with Gasteiger partial charge in [-0.3, -0.25) is 0 Å². The van der Waals surface area contributed by atoms with Crippen molar-refractivity contribution in [2.45, 2.75) is 59.0 Å². The van der Waals surface area contributed by atoms with Crippen molar-refractivity contribution in [1.29, 1.82) is 0 Å². The molecule has 0 amide bonds. The summed E-state index contributed by atoms with van der Waals surface area (Å²) < 4.78 is 0.977. The Bertz CT molecular complexity index is 138. The van der Waals surface area contributed by atoms with Crippen molar-refractivity contribution < 1.29 is 0 Å². The highest BCUT2D eigenvalue weighted by Gasteiger charge is 2.19. The third kappa shape index (κ3) is 10.4. The number of hydrogen-bond acceptors (Lipinski definition) is 0. The molecule has 0 aromatic carbocycles. The Labute approximate surface area is 121 Å². The molecule has 0 heterocycles. The first-order valence-electron chi connectivity index (χ1n) is 5.76. The fourth-order valence-corrected chi connectivity index (χ4v) is 10.8. The van der Waals surface area contributed by atoms with Gasteiger partial charge in [0.2, 0.25) is 0 Å². The summed E-state index contributed by atoms with van der Waals surface area (Å²) in [5, 5.41) is 0. The van der Waals surface area contributed by atoms with Crippen LogP contribution in [-0.4, -0.2) is 19.1 Å². The second-order valence-electron chi connectivity index (χ2n) is 4.90. The number of halogens is 2. The van der Waals surface area contributed by atoms with Crippen LogP contribution in [0.5, 0.6) is 0 Å². The van der Waals surface area contributed by atoms with Crippen LogP contribution in [0.2, 0.25) is 31.2 Å². The fraction of sp³-hybridized carbons (Fsp3) is 1.00. The van der Waals surface area contributed by atoms with E-state index in [0.717, 1.165) is 1.55 Å². The Morgan fingerprint density at radius 1 is 1.14 bits per heavy atom. The lowest BCUT2D eigenvalue weighted by Gasteiger charge is -2.22. The lowest BCUT2D eigenvalue weighted by Crippen LogP contribution is -2.25. The minimum atomic E-state index is -0.779. The molecule has 0 aromatic rings. The average molecular weight is 454 g/mol.